The number of thiazole rings is 1. The molecule has 3 heterocycles. The highest BCUT2D eigenvalue weighted by atomic mass is 32.2. The molecular weight excluding hydrogens is 376 g/mol. The number of hydrogen-bond acceptors (Lipinski definition) is 6. The van der Waals surface area contributed by atoms with Gasteiger partial charge in [-0.15, -0.1) is 0 Å². The topological polar surface area (TPSA) is 99.7 Å². The van der Waals surface area contributed by atoms with E-state index in [4.69, 9.17) is 0 Å². The summed E-state index contributed by atoms with van der Waals surface area (Å²) in [6.45, 7) is 5.49. The Morgan fingerprint density at radius 1 is 1.27 bits per heavy atom. The van der Waals surface area contributed by atoms with Crippen LogP contribution in [0.15, 0.2) is 0 Å². The van der Waals surface area contributed by atoms with Crippen molar-refractivity contribution in [1.29, 1.82) is 0 Å². The Hall–Kier alpha value is -1.68. The summed E-state index contributed by atoms with van der Waals surface area (Å²) in [4.78, 5) is 33.9. The van der Waals surface area contributed by atoms with Crippen molar-refractivity contribution in [2.24, 2.45) is 5.92 Å². The van der Waals surface area contributed by atoms with Crippen molar-refractivity contribution in [3.05, 3.63) is 10.6 Å². The smallest absolute Gasteiger partial charge is 0.245 e. The highest BCUT2D eigenvalue weighted by molar-refractivity contribution is 7.92. The molecule has 0 bridgehead atoms. The molecule has 0 radical (unpaired) electrons. The van der Waals surface area contributed by atoms with Crippen LogP contribution >= 0.6 is 11.3 Å². The molecule has 3 rings (SSSR count). The van der Waals surface area contributed by atoms with Gasteiger partial charge in [0.2, 0.25) is 21.8 Å². The minimum absolute atomic E-state index is 0.0353. The maximum Gasteiger partial charge on any atom is 0.245 e. The maximum atomic E-state index is 13.1. The van der Waals surface area contributed by atoms with Crippen molar-refractivity contribution >= 4 is 38.3 Å². The van der Waals surface area contributed by atoms with Crippen molar-refractivity contribution in [1.82, 2.24) is 14.8 Å². The van der Waals surface area contributed by atoms with E-state index in [0.29, 0.717) is 37.6 Å². The lowest BCUT2D eigenvalue weighted by atomic mass is 10.00. The molecule has 26 heavy (non-hydrogen) atoms. The molecule has 1 N–H and O–H groups in total. The Bertz CT molecular complexity index is 818. The van der Waals surface area contributed by atoms with E-state index >= 15 is 0 Å². The predicted molar refractivity (Wildman–Crippen MR) is 99.3 cm³/mol. The molecule has 1 saturated heterocycles. The fraction of sp³-hybridized carbons (Fsp3) is 0.688. The van der Waals surface area contributed by atoms with Crippen LogP contribution in [-0.2, 0) is 32.6 Å². The van der Waals surface area contributed by atoms with Gasteiger partial charge in [0.15, 0.2) is 5.13 Å². The summed E-state index contributed by atoms with van der Waals surface area (Å²) in [6, 6.07) is -0.437. The number of amides is 2. The zero-order valence-electron chi connectivity index (χ0n) is 15.2. The van der Waals surface area contributed by atoms with Crippen LogP contribution in [0.1, 0.15) is 37.3 Å². The van der Waals surface area contributed by atoms with Crippen molar-refractivity contribution in [3.63, 3.8) is 0 Å². The van der Waals surface area contributed by atoms with Crippen LogP contribution in [-0.4, -0.2) is 60.4 Å². The summed E-state index contributed by atoms with van der Waals surface area (Å²) in [7, 11) is -3.38. The van der Waals surface area contributed by atoms with Crippen LogP contribution < -0.4 is 4.72 Å². The van der Waals surface area contributed by atoms with Gasteiger partial charge < -0.3 is 9.80 Å². The summed E-state index contributed by atoms with van der Waals surface area (Å²) in [5, 5.41) is 0.335. The van der Waals surface area contributed by atoms with E-state index in [1.54, 1.807) is 9.80 Å². The van der Waals surface area contributed by atoms with Gasteiger partial charge in [0.05, 0.1) is 18.5 Å². The second-order valence-electron chi connectivity index (χ2n) is 7.15. The minimum Gasteiger partial charge on any atom is -0.335 e. The van der Waals surface area contributed by atoms with E-state index < -0.39 is 16.1 Å². The second kappa shape index (κ2) is 7.15. The number of anilines is 1. The number of sulfonamides is 1. The van der Waals surface area contributed by atoms with Crippen LogP contribution in [0.5, 0.6) is 0 Å². The summed E-state index contributed by atoms with van der Waals surface area (Å²) in [5.41, 5.74) is 0.837. The Morgan fingerprint density at radius 2 is 2.00 bits per heavy atom. The molecule has 0 aromatic carbocycles. The Balaban J connectivity index is 1.76. The third kappa shape index (κ3) is 4.01. The van der Waals surface area contributed by atoms with Gasteiger partial charge in [0.1, 0.15) is 6.04 Å². The molecule has 2 aliphatic rings. The molecule has 0 spiro atoms. The third-order valence-electron chi connectivity index (χ3n) is 4.65. The molecule has 1 fully saturated rings. The SMILES string of the molecule is CC(C)[C@@H](C(=O)N1CCc2nc(NS(C)(=O)=O)sc2C1)N1CCCC1=O. The number of fused-ring (bicyclic) bond motifs is 1. The number of rotatable bonds is 5. The maximum absolute atomic E-state index is 13.1. The van der Waals surface area contributed by atoms with Crippen LogP contribution in [0.2, 0.25) is 0 Å². The number of nitrogens with zero attached hydrogens (tertiary/aromatic N) is 3. The molecule has 2 amide bonds. The molecule has 144 valence electrons. The lowest BCUT2D eigenvalue weighted by molar-refractivity contribution is -0.146. The van der Waals surface area contributed by atoms with Crippen molar-refractivity contribution in [2.75, 3.05) is 24.1 Å². The monoisotopic (exact) mass is 400 g/mol. The molecule has 1 aromatic rings. The van der Waals surface area contributed by atoms with Gasteiger partial charge in [-0.05, 0) is 12.3 Å². The third-order valence-corrected chi connectivity index (χ3v) is 6.34. The van der Waals surface area contributed by atoms with Crippen molar-refractivity contribution in [3.8, 4) is 0 Å². The molecule has 0 aliphatic carbocycles. The molecule has 1 aromatic heterocycles. The second-order valence-corrected chi connectivity index (χ2v) is 9.98. The average Bonchev–Trinajstić information content (AvgIpc) is 3.10. The van der Waals surface area contributed by atoms with E-state index in [1.165, 1.54) is 11.3 Å². The Kier molecular flexibility index (Phi) is 5.25. The van der Waals surface area contributed by atoms with Crippen LogP contribution in [0.4, 0.5) is 5.13 Å². The quantitative estimate of drug-likeness (QED) is 0.796. The van der Waals surface area contributed by atoms with Crippen LogP contribution in [0.3, 0.4) is 0 Å². The lowest BCUT2D eigenvalue weighted by Gasteiger charge is -2.36. The van der Waals surface area contributed by atoms with Gasteiger partial charge in [-0.3, -0.25) is 14.3 Å². The number of aromatic nitrogens is 1. The first-order chi connectivity index (χ1) is 12.2. The lowest BCUT2D eigenvalue weighted by Crippen LogP contribution is -2.52. The molecule has 8 nitrogen and oxygen atoms in total. The molecule has 0 saturated carbocycles. The van der Waals surface area contributed by atoms with Gasteiger partial charge in [-0.2, -0.15) is 0 Å². The average molecular weight is 401 g/mol. The summed E-state index contributed by atoms with van der Waals surface area (Å²) < 4.78 is 25.2. The molecule has 1 atom stereocenters. The minimum atomic E-state index is -3.38. The Morgan fingerprint density at radius 3 is 2.58 bits per heavy atom. The number of nitrogens with one attached hydrogen (secondary N) is 1. The van der Waals surface area contributed by atoms with E-state index in [1.807, 2.05) is 13.8 Å². The van der Waals surface area contributed by atoms with Crippen molar-refractivity contribution in [2.45, 2.75) is 45.7 Å². The fourth-order valence-electron chi connectivity index (χ4n) is 3.51. The number of carbonyl (C=O) groups excluding carboxylic acids is 2. The van der Waals surface area contributed by atoms with Gasteiger partial charge in [0, 0.05) is 30.8 Å². The van der Waals surface area contributed by atoms with Gasteiger partial charge in [-0.25, -0.2) is 13.4 Å². The predicted octanol–water partition coefficient (Wildman–Crippen LogP) is 1.05. The number of carbonyl (C=O) groups is 2. The summed E-state index contributed by atoms with van der Waals surface area (Å²) in [5.74, 6) is 0.0500. The first kappa shape index (κ1) is 19.1. The van der Waals surface area contributed by atoms with Crippen LogP contribution in [0, 0.1) is 5.92 Å². The van der Waals surface area contributed by atoms with Crippen molar-refractivity contribution < 1.29 is 18.0 Å². The van der Waals surface area contributed by atoms with E-state index in [-0.39, 0.29) is 17.7 Å². The van der Waals surface area contributed by atoms with Gasteiger partial charge in [-0.1, -0.05) is 25.2 Å². The molecule has 2 aliphatic heterocycles. The van der Waals surface area contributed by atoms with Crippen LogP contribution in [0.25, 0.3) is 0 Å². The van der Waals surface area contributed by atoms with E-state index in [0.717, 1.165) is 23.2 Å². The Labute approximate surface area is 157 Å². The first-order valence-corrected chi connectivity index (χ1v) is 11.4. The van der Waals surface area contributed by atoms with Gasteiger partial charge >= 0.3 is 0 Å². The summed E-state index contributed by atoms with van der Waals surface area (Å²) in [6.07, 6.45) is 2.98. The van der Waals surface area contributed by atoms with E-state index in [2.05, 4.69) is 9.71 Å². The largest absolute Gasteiger partial charge is 0.335 e. The fourth-order valence-corrected chi connectivity index (χ4v) is 5.37. The standard InChI is InChI=1S/C16H24N4O4S2/c1-10(2)14(20-7-4-5-13(20)21)15(22)19-8-6-11-12(9-19)25-16(17-11)18-26(3,23)24/h10,14H,4-9H2,1-3H3,(H,17,18)/t14-/m0/s1. The normalized spacial score (nSPS) is 19.0. The van der Waals surface area contributed by atoms with Gasteiger partial charge in [0.25, 0.3) is 0 Å². The number of hydrogen-bond donors (Lipinski definition) is 1. The summed E-state index contributed by atoms with van der Waals surface area (Å²) >= 11 is 1.26. The molecule has 10 heteroatoms. The molecule has 0 unspecified atom stereocenters. The van der Waals surface area contributed by atoms with E-state index in [9.17, 15) is 18.0 Å². The molecular formula is C16H24N4O4S2. The highest BCUT2D eigenvalue weighted by Gasteiger charge is 2.38. The highest BCUT2D eigenvalue weighted by Crippen LogP contribution is 2.30. The number of likely N-dealkylation sites (tertiary alicyclic amines) is 1. The zero-order chi connectivity index (χ0) is 19.1. The zero-order valence-corrected chi connectivity index (χ0v) is 16.8. The first-order valence-electron chi connectivity index (χ1n) is 8.70.